The molecular weight excluding hydrogens is 561 g/mol. The highest BCUT2D eigenvalue weighted by molar-refractivity contribution is 6.31. The summed E-state index contributed by atoms with van der Waals surface area (Å²) < 4.78 is 29.9. The number of hydrogen-bond donors (Lipinski definition) is 3. The Kier molecular flexibility index (Phi) is 9.19. The van der Waals surface area contributed by atoms with Crippen molar-refractivity contribution in [3.63, 3.8) is 0 Å². The summed E-state index contributed by atoms with van der Waals surface area (Å²) in [5, 5.41) is 13.9. The van der Waals surface area contributed by atoms with Crippen LogP contribution in [0.2, 0.25) is 0 Å². The van der Waals surface area contributed by atoms with Crippen molar-refractivity contribution >= 4 is 45.8 Å². The van der Waals surface area contributed by atoms with Gasteiger partial charge in [-0.15, -0.1) is 0 Å². The maximum Gasteiger partial charge on any atom is 0.371 e. The van der Waals surface area contributed by atoms with Crippen molar-refractivity contribution in [3.8, 4) is 23.0 Å². The first-order valence-electron chi connectivity index (χ1n) is 13.0. The van der Waals surface area contributed by atoms with E-state index in [-0.39, 0.29) is 5.91 Å². The smallest absolute Gasteiger partial charge is 0.371 e. The number of hydrogen-bond acceptors (Lipinski definition) is 8. The molecule has 12 heteroatoms. The average molecular weight is 590 g/mol. The molecule has 0 unspecified atom stereocenters. The Morgan fingerprint density at radius 2 is 1.33 bits per heavy atom. The largest absolute Gasteiger partial charge is 0.493 e. The molecule has 0 spiro atoms. The standard InChI is InChI=1S/C28H24FN3O5.C3H4O3/c1-35-24-15-21-22(16-25(24)36-2)30-14-11-23(21)37-20-9-7-19(8-10-20)32-27(34)28(12-13-28)26(33)31-18-5-3-17(29)4-6-18;1-2(4)3(5)6/h3-11,14-16H,12-13H2,1-2H3,(H,31,33)(H,32,34);1H3,(H,5,6). The number of amides is 2. The van der Waals surface area contributed by atoms with Crippen LogP contribution in [-0.4, -0.2) is 47.9 Å². The number of carbonyl (C=O) groups excluding carboxylic acids is 3. The number of pyridine rings is 1. The van der Waals surface area contributed by atoms with Crippen molar-refractivity contribution in [2.45, 2.75) is 19.8 Å². The number of halogens is 1. The molecule has 2 amide bonds. The summed E-state index contributed by atoms with van der Waals surface area (Å²) in [7, 11) is 3.12. The zero-order valence-corrected chi connectivity index (χ0v) is 23.5. The first-order valence-corrected chi connectivity index (χ1v) is 13.0. The van der Waals surface area contributed by atoms with E-state index in [1.807, 2.05) is 0 Å². The van der Waals surface area contributed by atoms with Crippen molar-refractivity contribution in [1.82, 2.24) is 4.98 Å². The Morgan fingerprint density at radius 1 is 0.814 bits per heavy atom. The molecule has 1 saturated carbocycles. The van der Waals surface area contributed by atoms with E-state index in [0.717, 1.165) is 12.3 Å². The minimum Gasteiger partial charge on any atom is -0.493 e. The van der Waals surface area contributed by atoms with Gasteiger partial charge in [0.1, 0.15) is 22.7 Å². The number of Topliss-reactive ketones (excluding diaryl/α,β-unsaturated/α-hetero) is 1. The second-order valence-electron chi connectivity index (χ2n) is 9.52. The third-order valence-electron chi connectivity index (χ3n) is 6.57. The van der Waals surface area contributed by atoms with E-state index in [4.69, 9.17) is 19.3 Å². The monoisotopic (exact) mass is 589 g/mol. The molecule has 4 aromatic rings. The number of carboxylic acids is 1. The Hall–Kier alpha value is -5.52. The number of aliphatic carboxylic acids is 1. The van der Waals surface area contributed by atoms with E-state index >= 15 is 0 Å². The van der Waals surface area contributed by atoms with Crippen LogP contribution in [-0.2, 0) is 19.2 Å². The highest BCUT2D eigenvalue weighted by atomic mass is 19.1. The molecule has 3 N–H and O–H groups in total. The SMILES string of the molecule is CC(=O)C(=O)O.COc1cc2nccc(Oc3ccc(NC(=O)C4(C(=O)Nc5ccc(F)cc5)CC4)cc3)c2cc1OC. The number of anilines is 2. The molecule has 1 fully saturated rings. The van der Waals surface area contributed by atoms with Crippen LogP contribution in [0.4, 0.5) is 15.8 Å². The number of benzene rings is 3. The van der Waals surface area contributed by atoms with Crippen LogP contribution in [0, 0.1) is 11.2 Å². The maximum absolute atomic E-state index is 13.1. The maximum atomic E-state index is 13.1. The van der Waals surface area contributed by atoms with E-state index in [2.05, 4.69) is 15.6 Å². The van der Waals surface area contributed by atoms with Crippen molar-refractivity contribution in [2.75, 3.05) is 24.9 Å². The van der Waals surface area contributed by atoms with Gasteiger partial charge >= 0.3 is 5.97 Å². The molecule has 11 nitrogen and oxygen atoms in total. The molecule has 1 heterocycles. The Bertz CT molecular complexity index is 1660. The summed E-state index contributed by atoms with van der Waals surface area (Å²) in [6.45, 7) is 1.00. The number of carbonyl (C=O) groups is 4. The molecule has 3 aromatic carbocycles. The lowest BCUT2D eigenvalue weighted by Crippen LogP contribution is -2.35. The predicted molar refractivity (Wildman–Crippen MR) is 155 cm³/mol. The van der Waals surface area contributed by atoms with Crippen molar-refractivity contribution in [3.05, 3.63) is 78.7 Å². The molecule has 1 aliphatic carbocycles. The van der Waals surface area contributed by atoms with Gasteiger partial charge in [0, 0.05) is 35.9 Å². The summed E-state index contributed by atoms with van der Waals surface area (Å²) in [5.41, 5.74) is 0.517. The minimum atomic E-state index is -1.38. The number of nitrogens with zero attached hydrogens (tertiary/aromatic N) is 1. The zero-order chi connectivity index (χ0) is 31.1. The number of aromatic nitrogens is 1. The van der Waals surface area contributed by atoms with E-state index in [9.17, 15) is 23.6 Å². The van der Waals surface area contributed by atoms with Gasteiger partial charge in [-0.1, -0.05) is 0 Å². The summed E-state index contributed by atoms with van der Waals surface area (Å²) in [6, 6.07) is 17.6. The fourth-order valence-corrected chi connectivity index (χ4v) is 3.99. The van der Waals surface area contributed by atoms with Crippen LogP contribution in [0.15, 0.2) is 72.9 Å². The van der Waals surface area contributed by atoms with Gasteiger partial charge in [0.25, 0.3) is 0 Å². The summed E-state index contributed by atoms with van der Waals surface area (Å²) >= 11 is 0. The summed E-state index contributed by atoms with van der Waals surface area (Å²) in [6.07, 6.45) is 2.52. The van der Waals surface area contributed by atoms with Gasteiger partial charge in [-0.3, -0.25) is 19.4 Å². The molecule has 0 radical (unpaired) electrons. The molecule has 43 heavy (non-hydrogen) atoms. The average Bonchev–Trinajstić information content (AvgIpc) is 3.81. The van der Waals surface area contributed by atoms with E-state index < -0.39 is 28.9 Å². The van der Waals surface area contributed by atoms with Gasteiger partial charge in [-0.25, -0.2) is 9.18 Å². The molecule has 0 aliphatic heterocycles. The molecule has 1 aromatic heterocycles. The third-order valence-corrected chi connectivity index (χ3v) is 6.57. The van der Waals surface area contributed by atoms with Crippen LogP contribution < -0.4 is 24.8 Å². The van der Waals surface area contributed by atoms with Gasteiger partial charge in [-0.05, 0) is 73.5 Å². The lowest BCUT2D eigenvalue weighted by molar-refractivity contribution is -0.148. The van der Waals surface area contributed by atoms with E-state index in [1.54, 1.807) is 62.9 Å². The van der Waals surface area contributed by atoms with Crippen LogP contribution in [0.5, 0.6) is 23.0 Å². The summed E-state index contributed by atoms with van der Waals surface area (Å²) in [4.78, 5) is 49.0. The fraction of sp³-hybridized carbons (Fsp3) is 0.194. The Labute approximate surface area is 245 Å². The molecular formula is C31H28FN3O8. The molecule has 0 saturated heterocycles. The van der Waals surface area contributed by atoms with Crippen LogP contribution in [0.3, 0.4) is 0 Å². The second-order valence-corrected chi connectivity index (χ2v) is 9.52. The number of ketones is 1. The van der Waals surface area contributed by atoms with Gasteiger partial charge in [0.2, 0.25) is 17.6 Å². The number of rotatable bonds is 9. The highest BCUT2D eigenvalue weighted by Crippen LogP contribution is 2.47. The number of fused-ring (bicyclic) bond motifs is 1. The van der Waals surface area contributed by atoms with E-state index in [0.29, 0.717) is 52.7 Å². The second kappa shape index (κ2) is 13.0. The van der Waals surface area contributed by atoms with E-state index in [1.165, 1.54) is 24.3 Å². The molecule has 5 rings (SSSR count). The molecule has 1 aliphatic rings. The predicted octanol–water partition coefficient (Wildman–Crippen LogP) is 5.20. The molecule has 222 valence electrons. The van der Waals surface area contributed by atoms with Crippen molar-refractivity contribution in [1.29, 1.82) is 0 Å². The van der Waals surface area contributed by atoms with Crippen LogP contribution in [0.1, 0.15) is 19.8 Å². The Morgan fingerprint density at radius 3 is 1.81 bits per heavy atom. The highest BCUT2D eigenvalue weighted by Gasteiger charge is 2.56. The number of nitrogens with one attached hydrogen (secondary N) is 2. The molecule has 0 atom stereocenters. The van der Waals surface area contributed by atoms with Crippen LogP contribution >= 0.6 is 0 Å². The quantitative estimate of drug-likeness (QED) is 0.177. The van der Waals surface area contributed by atoms with Gasteiger partial charge < -0.3 is 30.0 Å². The van der Waals surface area contributed by atoms with Crippen LogP contribution in [0.25, 0.3) is 10.9 Å². The van der Waals surface area contributed by atoms with Gasteiger partial charge in [0.05, 0.1) is 19.7 Å². The first kappa shape index (κ1) is 30.4. The third kappa shape index (κ3) is 7.22. The first-order chi connectivity index (χ1) is 20.6. The Balaban J connectivity index is 0.000000641. The fourth-order valence-electron chi connectivity index (χ4n) is 3.99. The number of methoxy groups -OCH3 is 2. The topological polar surface area (TPSA) is 153 Å². The van der Waals surface area contributed by atoms with Gasteiger partial charge in [0.15, 0.2) is 11.5 Å². The minimum absolute atomic E-state index is 0.387. The number of ether oxygens (including phenoxy) is 3. The van der Waals surface area contributed by atoms with Crippen molar-refractivity contribution in [2.24, 2.45) is 5.41 Å². The van der Waals surface area contributed by atoms with Gasteiger partial charge in [-0.2, -0.15) is 0 Å². The molecule has 0 bridgehead atoms. The number of carboxylic acid groups (broad SMARTS) is 1. The normalized spacial score (nSPS) is 12.7. The zero-order valence-electron chi connectivity index (χ0n) is 23.5. The lowest BCUT2D eigenvalue weighted by atomic mass is 10.0. The summed E-state index contributed by atoms with van der Waals surface area (Å²) in [5.74, 6) is -1.14. The lowest BCUT2D eigenvalue weighted by Gasteiger charge is -2.16. The van der Waals surface area contributed by atoms with Crippen molar-refractivity contribution < 1.29 is 42.9 Å².